The molecule has 1 aromatic rings. The van der Waals surface area contributed by atoms with Gasteiger partial charge >= 0.3 is 0 Å². The second-order valence-electron chi connectivity index (χ2n) is 4.84. The first-order chi connectivity index (χ1) is 7.66. The van der Waals surface area contributed by atoms with Crippen LogP contribution in [0.3, 0.4) is 0 Å². The van der Waals surface area contributed by atoms with Crippen molar-refractivity contribution >= 4 is 5.69 Å². The van der Waals surface area contributed by atoms with Gasteiger partial charge in [-0.15, -0.1) is 0 Å². The molecule has 0 spiro atoms. The van der Waals surface area contributed by atoms with Crippen LogP contribution < -0.4 is 10.6 Å². The molecule has 16 heavy (non-hydrogen) atoms. The smallest absolute Gasteiger partial charge is 0.0399 e. The maximum Gasteiger partial charge on any atom is 0.0399 e. The molecule has 0 radical (unpaired) electrons. The lowest BCUT2D eigenvalue weighted by Crippen LogP contribution is -2.39. The number of hydrogen-bond donors (Lipinski definition) is 1. The van der Waals surface area contributed by atoms with Crippen LogP contribution >= 0.6 is 0 Å². The number of pyridine rings is 1. The summed E-state index contributed by atoms with van der Waals surface area (Å²) in [4.78, 5) is 6.67. The molecule has 1 aliphatic heterocycles. The second-order valence-corrected chi connectivity index (χ2v) is 4.84. The van der Waals surface area contributed by atoms with E-state index >= 15 is 0 Å². The van der Waals surface area contributed by atoms with Crippen LogP contribution in [0.2, 0.25) is 0 Å². The van der Waals surface area contributed by atoms with Crippen molar-refractivity contribution in [2.24, 2.45) is 11.7 Å². The Kier molecular flexibility index (Phi) is 3.44. The van der Waals surface area contributed by atoms with Crippen LogP contribution in [0.5, 0.6) is 0 Å². The Balaban J connectivity index is 1.99. The van der Waals surface area contributed by atoms with Crippen LogP contribution in [-0.2, 0) is 0 Å². The Hall–Kier alpha value is -1.09. The molecule has 0 saturated carbocycles. The Morgan fingerprint density at radius 2 is 2.12 bits per heavy atom. The number of aryl methyl sites for hydroxylation is 1. The molecule has 1 atom stereocenters. The molecule has 2 heterocycles. The third-order valence-corrected chi connectivity index (χ3v) is 3.53. The number of piperidine rings is 1. The van der Waals surface area contributed by atoms with Crippen LogP contribution in [0.4, 0.5) is 5.69 Å². The highest BCUT2D eigenvalue weighted by Gasteiger charge is 2.21. The lowest BCUT2D eigenvalue weighted by Gasteiger charge is -2.35. The predicted molar refractivity (Wildman–Crippen MR) is 67.6 cm³/mol. The van der Waals surface area contributed by atoms with Crippen LogP contribution in [-0.4, -0.2) is 24.1 Å². The number of rotatable bonds is 2. The molecule has 3 nitrogen and oxygen atoms in total. The van der Waals surface area contributed by atoms with Crippen LogP contribution in [0, 0.1) is 12.8 Å². The van der Waals surface area contributed by atoms with Gasteiger partial charge in [0.25, 0.3) is 0 Å². The maximum absolute atomic E-state index is 5.95. The number of nitrogens with zero attached hydrogens (tertiary/aromatic N) is 2. The van der Waals surface area contributed by atoms with Crippen molar-refractivity contribution in [1.82, 2.24) is 4.98 Å². The van der Waals surface area contributed by atoms with E-state index in [1.165, 1.54) is 18.5 Å². The predicted octanol–water partition coefficient (Wildman–Crippen LogP) is 1.95. The fourth-order valence-electron chi connectivity index (χ4n) is 2.41. The average Bonchev–Trinajstić information content (AvgIpc) is 2.29. The van der Waals surface area contributed by atoms with Crippen LogP contribution in [0.25, 0.3) is 0 Å². The van der Waals surface area contributed by atoms with E-state index in [-0.39, 0.29) is 0 Å². The summed E-state index contributed by atoms with van der Waals surface area (Å²) in [5, 5.41) is 0. The standard InChI is InChI=1S/C13H21N3/c1-10-9-13(3-6-15-10)16-7-4-12(5-8-16)11(2)14/h3,6,9,11-12H,4-5,7-8,14H2,1-2H3. The molecule has 0 aromatic carbocycles. The zero-order valence-corrected chi connectivity index (χ0v) is 10.2. The summed E-state index contributed by atoms with van der Waals surface area (Å²) in [6.45, 7) is 6.40. The van der Waals surface area contributed by atoms with Crippen molar-refractivity contribution in [2.75, 3.05) is 18.0 Å². The van der Waals surface area contributed by atoms with Gasteiger partial charge in [0.1, 0.15) is 0 Å². The number of aromatic nitrogens is 1. The molecule has 3 heteroatoms. The van der Waals surface area contributed by atoms with E-state index in [4.69, 9.17) is 5.73 Å². The summed E-state index contributed by atoms with van der Waals surface area (Å²) in [6, 6.07) is 4.59. The molecule has 1 aliphatic rings. The van der Waals surface area contributed by atoms with Crippen molar-refractivity contribution in [3.05, 3.63) is 24.0 Å². The summed E-state index contributed by atoms with van der Waals surface area (Å²) < 4.78 is 0. The van der Waals surface area contributed by atoms with Gasteiger partial charge in [0.15, 0.2) is 0 Å². The van der Waals surface area contributed by atoms with Crippen LogP contribution in [0.15, 0.2) is 18.3 Å². The van der Waals surface area contributed by atoms with Gasteiger partial charge in [-0.1, -0.05) is 0 Å². The summed E-state index contributed by atoms with van der Waals surface area (Å²) in [5.41, 5.74) is 8.34. The first kappa shape index (κ1) is 11.4. The lowest BCUT2D eigenvalue weighted by atomic mass is 9.91. The third kappa shape index (κ3) is 2.53. The molecule has 0 bridgehead atoms. The summed E-state index contributed by atoms with van der Waals surface area (Å²) in [5.74, 6) is 0.694. The Morgan fingerprint density at radius 3 is 2.69 bits per heavy atom. The topological polar surface area (TPSA) is 42.1 Å². The van der Waals surface area contributed by atoms with E-state index in [0.29, 0.717) is 12.0 Å². The molecule has 2 N–H and O–H groups in total. The van der Waals surface area contributed by atoms with Gasteiger partial charge in [-0.2, -0.15) is 0 Å². The van der Waals surface area contributed by atoms with E-state index in [0.717, 1.165) is 18.8 Å². The van der Waals surface area contributed by atoms with Gasteiger partial charge < -0.3 is 10.6 Å². The quantitative estimate of drug-likeness (QED) is 0.826. The number of nitrogens with two attached hydrogens (primary N) is 1. The van der Waals surface area contributed by atoms with E-state index in [1.807, 2.05) is 13.1 Å². The molecule has 1 unspecified atom stereocenters. The van der Waals surface area contributed by atoms with Gasteiger partial charge in [-0.3, -0.25) is 4.98 Å². The second kappa shape index (κ2) is 4.83. The highest BCUT2D eigenvalue weighted by molar-refractivity contribution is 5.46. The van der Waals surface area contributed by atoms with Crippen LogP contribution in [0.1, 0.15) is 25.5 Å². The van der Waals surface area contributed by atoms with Crippen molar-refractivity contribution in [3.8, 4) is 0 Å². The molecular formula is C13H21N3. The minimum atomic E-state index is 0.335. The first-order valence-electron chi connectivity index (χ1n) is 6.10. The van der Waals surface area contributed by atoms with Crippen molar-refractivity contribution in [1.29, 1.82) is 0 Å². The lowest BCUT2D eigenvalue weighted by molar-refractivity contribution is 0.354. The van der Waals surface area contributed by atoms with Gasteiger partial charge in [-0.05, 0) is 44.7 Å². The molecule has 2 rings (SSSR count). The summed E-state index contributed by atoms with van der Waals surface area (Å²) in [7, 11) is 0. The number of anilines is 1. The van der Waals surface area contributed by atoms with Crippen molar-refractivity contribution in [2.45, 2.75) is 32.7 Å². The Morgan fingerprint density at radius 1 is 1.44 bits per heavy atom. The van der Waals surface area contributed by atoms with E-state index in [2.05, 4.69) is 28.9 Å². The monoisotopic (exact) mass is 219 g/mol. The highest BCUT2D eigenvalue weighted by atomic mass is 15.1. The van der Waals surface area contributed by atoms with E-state index < -0.39 is 0 Å². The SMILES string of the molecule is Cc1cc(N2CCC(C(C)N)CC2)ccn1. The molecule has 88 valence electrons. The van der Waals surface area contributed by atoms with Gasteiger partial charge in [0, 0.05) is 36.7 Å². The summed E-state index contributed by atoms with van der Waals surface area (Å²) in [6.07, 6.45) is 4.31. The van der Waals surface area contributed by atoms with Crippen molar-refractivity contribution < 1.29 is 0 Å². The van der Waals surface area contributed by atoms with Gasteiger partial charge in [0.2, 0.25) is 0 Å². The minimum Gasteiger partial charge on any atom is -0.371 e. The van der Waals surface area contributed by atoms with Crippen molar-refractivity contribution in [3.63, 3.8) is 0 Å². The van der Waals surface area contributed by atoms with Gasteiger partial charge in [0.05, 0.1) is 0 Å². The summed E-state index contributed by atoms with van der Waals surface area (Å²) >= 11 is 0. The molecule has 0 aliphatic carbocycles. The third-order valence-electron chi connectivity index (χ3n) is 3.53. The zero-order chi connectivity index (χ0) is 11.5. The van der Waals surface area contributed by atoms with Gasteiger partial charge in [-0.25, -0.2) is 0 Å². The van der Waals surface area contributed by atoms with E-state index in [1.54, 1.807) is 0 Å². The Bertz CT molecular complexity index is 341. The molecule has 0 amide bonds. The zero-order valence-electron chi connectivity index (χ0n) is 10.2. The Labute approximate surface area is 97.7 Å². The fraction of sp³-hybridized carbons (Fsp3) is 0.615. The fourth-order valence-corrected chi connectivity index (χ4v) is 2.41. The first-order valence-corrected chi connectivity index (χ1v) is 6.10. The molecule has 1 fully saturated rings. The molecule has 1 saturated heterocycles. The minimum absolute atomic E-state index is 0.335. The largest absolute Gasteiger partial charge is 0.371 e. The molecule has 1 aromatic heterocycles. The number of hydrogen-bond acceptors (Lipinski definition) is 3. The average molecular weight is 219 g/mol. The van der Waals surface area contributed by atoms with E-state index in [9.17, 15) is 0 Å². The highest BCUT2D eigenvalue weighted by Crippen LogP contribution is 2.24. The molecular weight excluding hydrogens is 198 g/mol. The maximum atomic E-state index is 5.95. The normalized spacial score (nSPS) is 19.8.